The van der Waals surface area contributed by atoms with E-state index in [9.17, 15) is 0 Å². The van der Waals surface area contributed by atoms with Crippen molar-refractivity contribution in [1.29, 1.82) is 0 Å². The van der Waals surface area contributed by atoms with E-state index in [1.807, 2.05) is 18.2 Å². The van der Waals surface area contributed by atoms with E-state index in [0.29, 0.717) is 12.3 Å². The summed E-state index contributed by atoms with van der Waals surface area (Å²) in [6.45, 7) is 0.349. The van der Waals surface area contributed by atoms with Gasteiger partial charge in [-0.2, -0.15) is 0 Å². The molecule has 1 heterocycles. The average molecular weight is 228 g/mol. The molecule has 0 saturated carbocycles. The number of hydrogen-bond donors (Lipinski definition) is 1. The molecule has 0 fully saturated rings. The fourth-order valence-corrected chi connectivity index (χ4v) is 1.52. The Balaban J connectivity index is 2.57. The first-order chi connectivity index (χ1) is 5.81. The maximum absolute atomic E-state index is 8.60. The molecule has 0 atom stereocenters. The van der Waals surface area contributed by atoms with Gasteiger partial charge >= 0.3 is 0 Å². The summed E-state index contributed by atoms with van der Waals surface area (Å²) in [5, 5.41) is 11.7. The third-order valence-electron chi connectivity index (χ3n) is 1.74. The summed E-state index contributed by atoms with van der Waals surface area (Å²) in [4.78, 5) is 0. The molecule has 0 aliphatic carbocycles. The number of fused-ring (bicyclic) bond motifs is 1. The molecular formula is C8H6BrNO2. The van der Waals surface area contributed by atoms with Crippen molar-refractivity contribution in [1.82, 2.24) is 0 Å². The van der Waals surface area contributed by atoms with Crippen molar-refractivity contribution in [2.75, 3.05) is 6.61 Å². The van der Waals surface area contributed by atoms with Crippen LogP contribution in [0.2, 0.25) is 0 Å². The van der Waals surface area contributed by atoms with Crippen molar-refractivity contribution in [3.63, 3.8) is 0 Å². The molecule has 0 spiro atoms. The first kappa shape index (κ1) is 7.61. The number of nitrogens with zero attached hydrogens (tertiary/aromatic N) is 1. The minimum Gasteiger partial charge on any atom is -0.486 e. The largest absolute Gasteiger partial charge is 0.486 e. The predicted octanol–water partition coefficient (Wildman–Crippen LogP) is 2.02. The van der Waals surface area contributed by atoms with Crippen molar-refractivity contribution < 1.29 is 9.94 Å². The number of ether oxygens (including phenoxy) is 1. The van der Waals surface area contributed by atoms with Crippen LogP contribution in [0.3, 0.4) is 0 Å². The maximum atomic E-state index is 8.60. The summed E-state index contributed by atoms with van der Waals surface area (Å²) < 4.78 is 6.20. The molecule has 0 radical (unpaired) electrons. The summed E-state index contributed by atoms with van der Waals surface area (Å²) in [5.74, 6) is 0.769. The van der Waals surface area contributed by atoms with Gasteiger partial charge in [0, 0.05) is 10.0 Å². The van der Waals surface area contributed by atoms with E-state index in [-0.39, 0.29) is 0 Å². The van der Waals surface area contributed by atoms with E-state index in [1.165, 1.54) is 0 Å². The number of rotatable bonds is 0. The number of halogens is 1. The van der Waals surface area contributed by atoms with Crippen LogP contribution in [0.25, 0.3) is 0 Å². The topological polar surface area (TPSA) is 41.8 Å². The van der Waals surface area contributed by atoms with Gasteiger partial charge in [0.05, 0.1) is 0 Å². The van der Waals surface area contributed by atoms with Crippen LogP contribution in [-0.4, -0.2) is 17.5 Å². The monoisotopic (exact) mass is 227 g/mol. The molecule has 1 aromatic carbocycles. The third-order valence-corrected chi connectivity index (χ3v) is 2.23. The highest BCUT2D eigenvalue weighted by molar-refractivity contribution is 9.10. The molecule has 1 N–H and O–H groups in total. The molecule has 62 valence electrons. The quantitative estimate of drug-likeness (QED) is 0.545. The van der Waals surface area contributed by atoms with Gasteiger partial charge in [0.15, 0.2) is 0 Å². The van der Waals surface area contributed by atoms with Crippen molar-refractivity contribution in [2.45, 2.75) is 0 Å². The molecule has 2 rings (SSSR count). The van der Waals surface area contributed by atoms with Crippen LogP contribution < -0.4 is 4.74 Å². The van der Waals surface area contributed by atoms with Crippen LogP contribution in [-0.2, 0) is 0 Å². The lowest BCUT2D eigenvalue weighted by molar-refractivity contribution is 0.313. The number of oxime groups is 1. The number of hydrogen-bond acceptors (Lipinski definition) is 3. The maximum Gasteiger partial charge on any atom is 0.134 e. The summed E-state index contributed by atoms with van der Waals surface area (Å²) >= 11 is 3.33. The van der Waals surface area contributed by atoms with Crippen molar-refractivity contribution >= 4 is 21.6 Å². The highest BCUT2D eigenvalue weighted by Gasteiger charge is 2.19. The Morgan fingerprint density at radius 1 is 1.50 bits per heavy atom. The van der Waals surface area contributed by atoms with Crippen LogP contribution in [0, 0.1) is 0 Å². The molecule has 0 aromatic heterocycles. The molecule has 3 nitrogen and oxygen atoms in total. The predicted molar refractivity (Wildman–Crippen MR) is 48.0 cm³/mol. The highest BCUT2D eigenvalue weighted by atomic mass is 79.9. The van der Waals surface area contributed by atoms with E-state index in [0.717, 1.165) is 15.8 Å². The molecule has 1 aliphatic heterocycles. The SMILES string of the molecule is ON=C1COc2ccc(Br)cc21. The highest BCUT2D eigenvalue weighted by Crippen LogP contribution is 2.28. The van der Waals surface area contributed by atoms with E-state index >= 15 is 0 Å². The Morgan fingerprint density at radius 3 is 3.08 bits per heavy atom. The van der Waals surface area contributed by atoms with E-state index in [2.05, 4.69) is 21.1 Å². The second-order valence-corrected chi connectivity index (χ2v) is 3.39. The lowest BCUT2D eigenvalue weighted by Gasteiger charge is -1.96. The number of benzene rings is 1. The van der Waals surface area contributed by atoms with E-state index in [1.54, 1.807) is 0 Å². The first-order valence-electron chi connectivity index (χ1n) is 3.45. The summed E-state index contributed by atoms with van der Waals surface area (Å²) in [6.07, 6.45) is 0. The second kappa shape index (κ2) is 2.79. The lowest BCUT2D eigenvalue weighted by atomic mass is 10.1. The second-order valence-electron chi connectivity index (χ2n) is 2.48. The molecule has 12 heavy (non-hydrogen) atoms. The van der Waals surface area contributed by atoms with Gasteiger partial charge in [-0.05, 0) is 18.2 Å². The fraction of sp³-hybridized carbons (Fsp3) is 0.125. The van der Waals surface area contributed by atoms with E-state index in [4.69, 9.17) is 9.94 Å². The van der Waals surface area contributed by atoms with Crippen LogP contribution >= 0.6 is 15.9 Å². The lowest BCUT2D eigenvalue weighted by Crippen LogP contribution is -2.01. The van der Waals surface area contributed by atoms with Gasteiger partial charge in [-0.25, -0.2) is 0 Å². The molecule has 0 unspecified atom stereocenters. The molecule has 1 aliphatic rings. The van der Waals surface area contributed by atoms with Gasteiger partial charge in [-0.3, -0.25) is 0 Å². The third kappa shape index (κ3) is 1.08. The minimum absolute atomic E-state index is 0.349. The first-order valence-corrected chi connectivity index (χ1v) is 4.24. The zero-order valence-electron chi connectivity index (χ0n) is 6.12. The van der Waals surface area contributed by atoms with Crippen LogP contribution in [0.5, 0.6) is 5.75 Å². The minimum atomic E-state index is 0.349. The van der Waals surface area contributed by atoms with Crippen molar-refractivity contribution in [3.05, 3.63) is 28.2 Å². The Labute approximate surface area is 77.8 Å². The zero-order valence-corrected chi connectivity index (χ0v) is 7.71. The van der Waals surface area contributed by atoms with Crippen molar-refractivity contribution in [3.8, 4) is 5.75 Å². The van der Waals surface area contributed by atoms with Crippen molar-refractivity contribution in [2.24, 2.45) is 5.16 Å². The van der Waals surface area contributed by atoms with Gasteiger partial charge in [0.1, 0.15) is 18.1 Å². The molecular weight excluding hydrogens is 222 g/mol. The Kier molecular flexibility index (Phi) is 1.77. The van der Waals surface area contributed by atoms with Gasteiger partial charge in [-0.15, -0.1) is 0 Å². The van der Waals surface area contributed by atoms with Gasteiger partial charge in [0.2, 0.25) is 0 Å². The Bertz CT molecular complexity index is 349. The Hall–Kier alpha value is -1.03. The average Bonchev–Trinajstić information content (AvgIpc) is 2.46. The molecule has 4 heteroatoms. The van der Waals surface area contributed by atoms with E-state index < -0.39 is 0 Å². The Morgan fingerprint density at radius 2 is 2.33 bits per heavy atom. The van der Waals surface area contributed by atoms with Gasteiger partial charge in [0.25, 0.3) is 0 Å². The van der Waals surface area contributed by atoms with Crippen LogP contribution in [0.4, 0.5) is 0 Å². The molecule has 0 amide bonds. The fourth-order valence-electron chi connectivity index (χ4n) is 1.16. The standard InChI is InChI=1S/C8H6BrNO2/c9-5-1-2-8-6(3-5)7(10-11)4-12-8/h1-3,11H,4H2. The summed E-state index contributed by atoms with van der Waals surface area (Å²) in [7, 11) is 0. The molecule has 0 bridgehead atoms. The smallest absolute Gasteiger partial charge is 0.134 e. The van der Waals surface area contributed by atoms with Crippen LogP contribution in [0.15, 0.2) is 27.8 Å². The van der Waals surface area contributed by atoms with Gasteiger partial charge in [-0.1, -0.05) is 21.1 Å². The molecule has 1 aromatic rings. The summed E-state index contributed by atoms with van der Waals surface area (Å²) in [6, 6.07) is 5.61. The van der Waals surface area contributed by atoms with Gasteiger partial charge < -0.3 is 9.94 Å². The molecule has 0 saturated heterocycles. The summed E-state index contributed by atoms with van der Waals surface area (Å²) in [5.41, 5.74) is 1.43. The zero-order chi connectivity index (χ0) is 8.55. The normalized spacial score (nSPS) is 17.6. The van der Waals surface area contributed by atoms with Crippen LogP contribution in [0.1, 0.15) is 5.56 Å².